The van der Waals surface area contributed by atoms with Gasteiger partial charge in [0.05, 0.1) is 5.69 Å². The maximum atomic E-state index is 12.0. The van der Waals surface area contributed by atoms with Crippen LogP contribution in [0.15, 0.2) is 35.1 Å². The van der Waals surface area contributed by atoms with E-state index in [0.717, 1.165) is 55.5 Å². The van der Waals surface area contributed by atoms with Gasteiger partial charge in [-0.1, -0.05) is 6.92 Å². The summed E-state index contributed by atoms with van der Waals surface area (Å²) < 4.78 is 0. The van der Waals surface area contributed by atoms with Crippen LogP contribution in [-0.2, 0) is 5.75 Å². The fourth-order valence-corrected chi connectivity index (χ4v) is 3.69. The lowest BCUT2D eigenvalue weighted by atomic mass is 10.2. The number of piperazine rings is 1. The van der Waals surface area contributed by atoms with Crippen molar-refractivity contribution in [3.63, 3.8) is 0 Å². The smallest absolute Gasteiger partial charge is 0.252 e. The van der Waals surface area contributed by atoms with E-state index in [1.165, 1.54) is 5.69 Å². The summed E-state index contributed by atoms with van der Waals surface area (Å²) in [5.41, 5.74) is 8.50. The first-order valence-electron chi connectivity index (χ1n) is 8.69. The summed E-state index contributed by atoms with van der Waals surface area (Å²) in [4.78, 5) is 24.0. The fourth-order valence-electron chi connectivity index (χ4n) is 2.90. The van der Waals surface area contributed by atoms with Crippen LogP contribution in [0.1, 0.15) is 19.0 Å². The molecule has 0 amide bonds. The minimum Gasteiger partial charge on any atom is -0.399 e. The van der Waals surface area contributed by atoms with Crippen LogP contribution in [0.2, 0.25) is 0 Å². The first kappa shape index (κ1) is 17.7. The molecule has 1 aliphatic heterocycles. The lowest BCUT2D eigenvalue weighted by molar-refractivity contribution is 0.638. The number of nitrogens with zero attached hydrogens (tertiary/aromatic N) is 3. The number of rotatable bonds is 6. The first-order chi connectivity index (χ1) is 12.2. The number of thioether (sulfide) groups is 1. The monoisotopic (exact) mass is 359 g/mol. The van der Waals surface area contributed by atoms with Crippen molar-refractivity contribution >= 4 is 29.1 Å². The molecule has 1 saturated heterocycles. The van der Waals surface area contributed by atoms with Crippen LogP contribution >= 0.6 is 11.8 Å². The van der Waals surface area contributed by atoms with E-state index in [1.807, 2.05) is 23.9 Å². The molecule has 0 unspecified atom stereocenters. The van der Waals surface area contributed by atoms with Crippen LogP contribution in [-0.4, -0.2) is 41.9 Å². The minimum atomic E-state index is -0.0712. The van der Waals surface area contributed by atoms with Crippen molar-refractivity contribution in [3.05, 3.63) is 46.4 Å². The molecule has 7 heteroatoms. The number of nitrogens with one attached hydrogen (secondary N) is 1. The topological polar surface area (TPSA) is 78.2 Å². The molecule has 0 atom stereocenters. The van der Waals surface area contributed by atoms with Gasteiger partial charge in [-0.15, -0.1) is 0 Å². The highest BCUT2D eigenvalue weighted by Crippen LogP contribution is 2.20. The zero-order chi connectivity index (χ0) is 17.6. The van der Waals surface area contributed by atoms with Crippen molar-refractivity contribution < 1.29 is 0 Å². The lowest BCUT2D eigenvalue weighted by Crippen LogP contribution is -2.47. The summed E-state index contributed by atoms with van der Waals surface area (Å²) >= 11 is 1.82. The normalized spacial score (nSPS) is 14.8. The van der Waals surface area contributed by atoms with Crippen molar-refractivity contribution in [1.82, 2.24) is 9.97 Å². The summed E-state index contributed by atoms with van der Waals surface area (Å²) in [5, 5.41) is 0. The molecule has 0 radical (unpaired) electrons. The molecule has 0 spiro atoms. The zero-order valence-corrected chi connectivity index (χ0v) is 15.4. The highest BCUT2D eigenvalue weighted by Gasteiger charge is 2.19. The molecule has 1 fully saturated rings. The first-order valence-corrected chi connectivity index (χ1v) is 9.84. The van der Waals surface area contributed by atoms with Crippen LogP contribution in [0.3, 0.4) is 0 Å². The Morgan fingerprint density at radius 1 is 1.16 bits per heavy atom. The Labute approximate surface area is 152 Å². The molecule has 2 aromatic rings. The van der Waals surface area contributed by atoms with Gasteiger partial charge in [-0.25, -0.2) is 4.98 Å². The molecule has 1 aromatic heterocycles. The van der Waals surface area contributed by atoms with Crippen molar-refractivity contribution in [3.8, 4) is 0 Å². The van der Waals surface area contributed by atoms with E-state index in [2.05, 4.69) is 38.8 Å². The lowest BCUT2D eigenvalue weighted by Gasteiger charge is -2.36. The van der Waals surface area contributed by atoms with E-state index in [0.29, 0.717) is 5.95 Å². The van der Waals surface area contributed by atoms with Crippen LogP contribution in [0.5, 0.6) is 0 Å². The van der Waals surface area contributed by atoms with E-state index in [9.17, 15) is 4.79 Å². The van der Waals surface area contributed by atoms with Gasteiger partial charge in [-0.05, 0) is 36.4 Å². The Balaban J connectivity index is 1.64. The maximum Gasteiger partial charge on any atom is 0.252 e. The Morgan fingerprint density at radius 2 is 1.84 bits per heavy atom. The quantitative estimate of drug-likeness (QED) is 0.609. The number of anilines is 3. The molecule has 0 saturated carbocycles. The van der Waals surface area contributed by atoms with Gasteiger partial charge in [0.2, 0.25) is 5.95 Å². The number of aromatic nitrogens is 2. The summed E-state index contributed by atoms with van der Waals surface area (Å²) in [6.45, 7) is 5.60. The highest BCUT2D eigenvalue weighted by molar-refractivity contribution is 7.98. The molecule has 25 heavy (non-hydrogen) atoms. The maximum absolute atomic E-state index is 12.0. The number of nitrogens with two attached hydrogens (primary N) is 1. The van der Waals surface area contributed by atoms with Gasteiger partial charge in [-0.2, -0.15) is 11.8 Å². The number of aromatic amines is 1. The number of hydrogen-bond donors (Lipinski definition) is 2. The third-order valence-corrected chi connectivity index (χ3v) is 5.41. The molecule has 0 aliphatic carbocycles. The number of hydrogen-bond acceptors (Lipinski definition) is 6. The number of benzene rings is 1. The third kappa shape index (κ3) is 4.69. The predicted octanol–water partition coefficient (Wildman–Crippen LogP) is 2.32. The molecule has 6 nitrogen and oxygen atoms in total. The largest absolute Gasteiger partial charge is 0.399 e. The SMILES string of the molecule is CCCSCc1cc(=O)[nH]c(N2CCN(c3ccc(N)cc3)CC2)n1. The third-order valence-electron chi connectivity index (χ3n) is 4.22. The average molecular weight is 359 g/mol. The average Bonchev–Trinajstić information content (AvgIpc) is 2.62. The zero-order valence-electron chi connectivity index (χ0n) is 14.6. The van der Waals surface area contributed by atoms with Gasteiger partial charge in [0, 0.05) is 49.4 Å². The standard InChI is InChI=1S/C18H25N5OS/c1-2-11-25-13-15-12-17(24)21-18(20-15)23-9-7-22(8-10-23)16-5-3-14(19)4-6-16/h3-6,12H,2,7-11,13,19H2,1H3,(H,20,21,24). The van der Waals surface area contributed by atoms with Gasteiger partial charge >= 0.3 is 0 Å². The minimum absolute atomic E-state index is 0.0712. The Hall–Kier alpha value is -2.15. The molecule has 134 valence electrons. The van der Waals surface area contributed by atoms with Crippen LogP contribution in [0.25, 0.3) is 0 Å². The van der Waals surface area contributed by atoms with E-state index in [1.54, 1.807) is 6.07 Å². The molecular formula is C18H25N5OS. The second-order valence-electron chi connectivity index (χ2n) is 6.18. The van der Waals surface area contributed by atoms with E-state index in [4.69, 9.17) is 5.73 Å². The molecule has 3 rings (SSSR count). The predicted molar refractivity (Wildman–Crippen MR) is 107 cm³/mol. The van der Waals surface area contributed by atoms with E-state index < -0.39 is 0 Å². The second-order valence-corrected chi connectivity index (χ2v) is 7.28. The Kier molecular flexibility index (Phi) is 5.86. The van der Waals surface area contributed by atoms with Crippen molar-refractivity contribution in [1.29, 1.82) is 0 Å². The molecular weight excluding hydrogens is 334 g/mol. The Morgan fingerprint density at radius 3 is 2.52 bits per heavy atom. The van der Waals surface area contributed by atoms with Gasteiger partial charge in [0.25, 0.3) is 5.56 Å². The summed E-state index contributed by atoms with van der Waals surface area (Å²) in [6, 6.07) is 9.57. The van der Waals surface area contributed by atoms with Crippen molar-refractivity contribution in [2.75, 3.05) is 47.5 Å². The highest BCUT2D eigenvalue weighted by atomic mass is 32.2. The van der Waals surface area contributed by atoms with Gasteiger partial charge in [0.1, 0.15) is 0 Å². The number of H-pyrrole nitrogens is 1. The van der Waals surface area contributed by atoms with E-state index >= 15 is 0 Å². The van der Waals surface area contributed by atoms with Gasteiger partial charge < -0.3 is 15.5 Å². The molecule has 1 aromatic carbocycles. The molecule has 2 heterocycles. The Bertz CT molecular complexity index is 738. The second kappa shape index (κ2) is 8.29. The van der Waals surface area contributed by atoms with Crippen LogP contribution < -0.4 is 21.1 Å². The molecule has 1 aliphatic rings. The fraction of sp³-hybridized carbons (Fsp3) is 0.444. The summed E-state index contributed by atoms with van der Waals surface area (Å²) in [6.07, 6.45) is 1.13. The van der Waals surface area contributed by atoms with E-state index in [-0.39, 0.29) is 5.56 Å². The van der Waals surface area contributed by atoms with Crippen LogP contribution in [0.4, 0.5) is 17.3 Å². The van der Waals surface area contributed by atoms with Crippen LogP contribution in [0, 0.1) is 0 Å². The molecule has 0 bridgehead atoms. The van der Waals surface area contributed by atoms with Crippen molar-refractivity contribution in [2.45, 2.75) is 19.1 Å². The van der Waals surface area contributed by atoms with Crippen molar-refractivity contribution in [2.24, 2.45) is 0 Å². The number of nitrogen functional groups attached to an aromatic ring is 1. The summed E-state index contributed by atoms with van der Waals surface area (Å²) in [7, 11) is 0. The van der Waals surface area contributed by atoms with Gasteiger partial charge in [-0.3, -0.25) is 9.78 Å². The summed E-state index contributed by atoms with van der Waals surface area (Å²) in [5.74, 6) is 2.57. The van der Waals surface area contributed by atoms with Gasteiger partial charge in [0.15, 0.2) is 0 Å². The molecule has 3 N–H and O–H groups in total.